The summed E-state index contributed by atoms with van der Waals surface area (Å²) in [6.45, 7) is 2.44. The average molecular weight is 312 g/mol. The van der Waals surface area contributed by atoms with Crippen molar-refractivity contribution in [2.24, 2.45) is 5.92 Å². The van der Waals surface area contributed by atoms with Gasteiger partial charge in [0, 0.05) is 5.38 Å². The van der Waals surface area contributed by atoms with Crippen molar-refractivity contribution in [2.75, 3.05) is 6.61 Å². The van der Waals surface area contributed by atoms with E-state index < -0.39 is 5.97 Å². The highest BCUT2D eigenvalue weighted by Crippen LogP contribution is 2.26. The Hall–Kier alpha value is -1.47. The topological polar surface area (TPSA) is 88.5 Å². The molecule has 7 heteroatoms. The zero-order valence-corrected chi connectivity index (χ0v) is 12.8. The Bertz CT molecular complexity index is 503. The Labute approximate surface area is 127 Å². The fourth-order valence-electron chi connectivity index (χ4n) is 2.43. The van der Waals surface area contributed by atoms with Gasteiger partial charge in [-0.3, -0.25) is 4.79 Å². The van der Waals surface area contributed by atoms with E-state index in [0.717, 1.165) is 19.3 Å². The Morgan fingerprint density at radius 3 is 2.90 bits per heavy atom. The fourth-order valence-corrected chi connectivity index (χ4v) is 3.14. The Morgan fingerprint density at radius 2 is 2.24 bits per heavy atom. The number of hydrogen-bond donors (Lipinski definition) is 2. The molecule has 1 heterocycles. The summed E-state index contributed by atoms with van der Waals surface area (Å²) in [6, 6.07) is 0. The van der Waals surface area contributed by atoms with Crippen LogP contribution in [0.25, 0.3) is 0 Å². The van der Waals surface area contributed by atoms with Gasteiger partial charge in [0.2, 0.25) is 5.91 Å². The molecule has 1 saturated carbocycles. The van der Waals surface area contributed by atoms with E-state index in [9.17, 15) is 9.59 Å². The van der Waals surface area contributed by atoms with Crippen LogP contribution in [0.2, 0.25) is 0 Å². The highest BCUT2D eigenvalue weighted by atomic mass is 32.1. The number of nitrogens with one attached hydrogen (secondary N) is 1. The summed E-state index contributed by atoms with van der Waals surface area (Å²) in [5.74, 6) is -0.748. The first kappa shape index (κ1) is 15.9. The maximum atomic E-state index is 11.7. The van der Waals surface area contributed by atoms with Gasteiger partial charge >= 0.3 is 5.97 Å². The molecule has 1 aromatic rings. The van der Waals surface area contributed by atoms with Crippen molar-refractivity contribution in [2.45, 2.75) is 45.3 Å². The molecule has 1 fully saturated rings. The molecule has 6 nitrogen and oxygen atoms in total. The summed E-state index contributed by atoms with van der Waals surface area (Å²) < 4.78 is 5.67. The van der Waals surface area contributed by atoms with Crippen molar-refractivity contribution < 1.29 is 19.4 Å². The van der Waals surface area contributed by atoms with E-state index in [1.165, 1.54) is 23.1 Å². The summed E-state index contributed by atoms with van der Waals surface area (Å²) in [7, 11) is 0. The molecule has 0 aromatic carbocycles. The van der Waals surface area contributed by atoms with Crippen LogP contribution in [0.4, 0.5) is 0 Å². The first-order valence-electron chi connectivity index (χ1n) is 7.12. The number of carbonyl (C=O) groups excluding carboxylic acids is 1. The molecule has 1 aliphatic rings. The second-order valence-electron chi connectivity index (χ2n) is 5.32. The van der Waals surface area contributed by atoms with Crippen molar-refractivity contribution in [1.29, 1.82) is 0 Å². The minimum absolute atomic E-state index is 0.0107. The fraction of sp³-hybridized carbons (Fsp3) is 0.643. The lowest BCUT2D eigenvalue weighted by Gasteiger charge is -2.28. The Morgan fingerprint density at radius 1 is 1.48 bits per heavy atom. The lowest BCUT2D eigenvalue weighted by Crippen LogP contribution is -2.32. The molecule has 2 unspecified atom stereocenters. The largest absolute Gasteiger partial charge is 0.476 e. The number of rotatable bonds is 6. The minimum Gasteiger partial charge on any atom is -0.476 e. The monoisotopic (exact) mass is 312 g/mol. The maximum absolute atomic E-state index is 11.7. The number of thiazole rings is 1. The average Bonchev–Trinajstić information content (AvgIpc) is 2.93. The van der Waals surface area contributed by atoms with E-state index >= 15 is 0 Å². The van der Waals surface area contributed by atoms with Gasteiger partial charge in [0.05, 0.1) is 12.6 Å². The van der Waals surface area contributed by atoms with E-state index in [4.69, 9.17) is 9.84 Å². The van der Waals surface area contributed by atoms with Crippen LogP contribution in [0.15, 0.2) is 5.38 Å². The molecule has 21 heavy (non-hydrogen) atoms. The van der Waals surface area contributed by atoms with Crippen molar-refractivity contribution in [3.05, 3.63) is 16.1 Å². The quantitative estimate of drug-likeness (QED) is 0.839. The van der Waals surface area contributed by atoms with E-state index in [-0.39, 0.29) is 30.9 Å². The van der Waals surface area contributed by atoms with E-state index in [1.54, 1.807) is 0 Å². The molecule has 1 amide bonds. The highest BCUT2D eigenvalue weighted by molar-refractivity contribution is 7.09. The number of carboxylic acid groups (broad SMARTS) is 1. The molecular weight excluding hydrogens is 292 g/mol. The smallest absolute Gasteiger partial charge is 0.355 e. The molecular formula is C14H20N2O4S. The van der Waals surface area contributed by atoms with Crippen LogP contribution in [0.3, 0.4) is 0 Å². The number of amides is 1. The second-order valence-corrected chi connectivity index (χ2v) is 6.26. The molecule has 0 aliphatic heterocycles. The third-order valence-electron chi connectivity index (χ3n) is 3.67. The number of aromatic nitrogens is 1. The third kappa shape index (κ3) is 4.78. The van der Waals surface area contributed by atoms with Gasteiger partial charge in [-0.1, -0.05) is 19.8 Å². The summed E-state index contributed by atoms with van der Waals surface area (Å²) in [5.41, 5.74) is 0.0107. The molecule has 0 spiro atoms. The van der Waals surface area contributed by atoms with Crippen LogP contribution < -0.4 is 5.32 Å². The van der Waals surface area contributed by atoms with Gasteiger partial charge in [-0.25, -0.2) is 9.78 Å². The van der Waals surface area contributed by atoms with Gasteiger partial charge in [-0.05, 0) is 18.8 Å². The third-order valence-corrected chi connectivity index (χ3v) is 4.52. The van der Waals surface area contributed by atoms with Crippen molar-refractivity contribution in [1.82, 2.24) is 10.3 Å². The molecule has 0 saturated heterocycles. The normalized spacial score (nSPS) is 22.0. The van der Waals surface area contributed by atoms with Gasteiger partial charge in [0.15, 0.2) is 5.69 Å². The first-order chi connectivity index (χ1) is 10.1. The summed E-state index contributed by atoms with van der Waals surface area (Å²) in [6.07, 6.45) is 4.74. The van der Waals surface area contributed by atoms with Gasteiger partial charge in [0.1, 0.15) is 11.6 Å². The zero-order chi connectivity index (χ0) is 15.2. The van der Waals surface area contributed by atoms with E-state index in [1.807, 2.05) is 0 Å². The molecule has 2 rings (SSSR count). The van der Waals surface area contributed by atoms with Gasteiger partial charge in [-0.15, -0.1) is 11.3 Å². The Kier molecular flexibility index (Phi) is 5.69. The number of carbonyl (C=O) groups is 2. The molecule has 1 aromatic heterocycles. The molecule has 116 valence electrons. The highest BCUT2D eigenvalue weighted by Gasteiger charge is 2.22. The predicted octanol–water partition coefficient (Wildman–Crippen LogP) is 2.05. The first-order valence-corrected chi connectivity index (χ1v) is 8.00. The molecule has 1 aliphatic carbocycles. The molecule has 2 N–H and O–H groups in total. The van der Waals surface area contributed by atoms with Crippen LogP contribution in [-0.2, 0) is 16.1 Å². The van der Waals surface area contributed by atoms with Gasteiger partial charge in [-0.2, -0.15) is 0 Å². The van der Waals surface area contributed by atoms with Crippen LogP contribution in [0, 0.1) is 5.92 Å². The lowest BCUT2D eigenvalue weighted by molar-refractivity contribution is -0.129. The van der Waals surface area contributed by atoms with Crippen molar-refractivity contribution in [3.8, 4) is 0 Å². The van der Waals surface area contributed by atoms with Crippen molar-refractivity contribution in [3.63, 3.8) is 0 Å². The molecule has 0 bridgehead atoms. The van der Waals surface area contributed by atoms with Crippen molar-refractivity contribution >= 4 is 23.2 Å². The van der Waals surface area contributed by atoms with E-state index in [0.29, 0.717) is 10.9 Å². The summed E-state index contributed by atoms with van der Waals surface area (Å²) in [5, 5.41) is 13.5. The van der Waals surface area contributed by atoms with Gasteiger partial charge < -0.3 is 15.2 Å². The standard InChI is InChI=1S/C14H20N2O4S/c1-9-4-2-3-5-11(9)20-7-12(17)15-6-13-16-10(8-21-13)14(18)19/h8-9,11H,2-7H2,1H3,(H,15,17)(H,18,19). The summed E-state index contributed by atoms with van der Waals surface area (Å²) >= 11 is 1.22. The predicted molar refractivity (Wildman–Crippen MR) is 78.3 cm³/mol. The number of hydrogen-bond acceptors (Lipinski definition) is 5. The number of carboxylic acids is 1. The Balaban J connectivity index is 1.70. The number of aromatic carboxylic acids is 1. The van der Waals surface area contributed by atoms with Crippen LogP contribution in [0.5, 0.6) is 0 Å². The SMILES string of the molecule is CC1CCCCC1OCC(=O)NCc1nc(C(=O)O)cs1. The molecule has 0 radical (unpaired) electrons. The second kappa shape index (κ2) is 7.51. The van der Waals surface area contributed by atoms with Crippen LogP contribution in [0.1, 0.15) is 48.1 Å². The lowest BCUT2D eigenvalue weighted by atomic mass is 9.88. The zero-order valence-electron chi connectivity index (χ0n) is 12.0. The van der Waals surface area contributed by atoms with Crippen LogP contribution in [-0.4, -0.2) is 34.7 Å². The maximum Gasteiger partial charge on any atom is 0.355 e. The van der Waals surface area contributed by atoms with Crippen LogP contribution >= 0.6 is 11.3 Å². The minimum atomic E-state index is -1.06. The molecule has 2 atom stereocenters. The number of ether oxygens (including phenoxy) is 1. The van der Waals surface area contributed by atoms with E-state index in [2.05, 4.69) is 17.2 Å². The summed E-state index contributed by atoms with van der Waals surface area (Å²) in [4.78, 5) is 26.3. The number of nitrogens with zero attached hydrogens (tertiary/aromatic N) is 1. The van der Waals surface area contributed by atoms with Gasteiger partial charge in [0.25, 0.3) is 0 Å².